The molecule has 0 spiro atoms. The zero-order chi connectivity index (χ0) is 12.4. The number of rotatable bonds is 5. The number of hydrogen-bond donors (Lipinski definition) is 1. The number of nitrogens with zero attached hydrogens (tertiary/aromatic N) is 1. The van der Waals surface area contributed by atoms with E-state index < -0.39 is 0 Å². The molecule has 1 N–H and O–H groups in total. The third-order valence-electron chi connectivity index (χ3n) is 3.36. The number of fused-ring (bicyclic) bond motifs is 1. The van der Waals surface area contributed by atoms with E-state index in [4.69, 9.17) is 4.74 Å². The SMILES string of the molecule is CNCc1cnc(OCC2CC2)c2ccccc12. The highest BCUT2D eigenvalue weighted by atomic mass is 16.5. The van der Waals surface area contributed by atoms with Gasteiger partial charge in [0.25, 0.3) is 0 Å². The van der Waals surface area contributed by atoms with Gasteiger partial charge in [-0.1, -0.05) is 18.2 Å². The first-order valence-corrected chi connectivity index (χ1v) is 6.52. The van der Waals surface area contributed by atoms with Crippen LogP contribution in [0.15, 0.2) is 30.5 Å². The van der Waals surface area contributed by atoms with Gasteiger partial charge < -0.3 is 10.1 Å². The molecular formula is C15H18N2O. The van der Waals surface area contributed by atoms with E-state index in [9.17, 15) is 0 Å². The van der Waals surface area contributed by atoms with E-state index in [0.29, 0.717) is 0 Å². The summed E-state index contributed by atoms with van der Waals surface area (Å²) in [6.07, 6.45) is 4.52. The monoisotopic (exact) mass is 242 g/mol. The first-order valence-electron chi connectivity index (χ1n) is 6.52. The predicted molar refractivity (Wildman–Crippen MR) is 72.7 cm³/mol. The number of benzene rings is 1. The van der Waals surface area contributed by atoms with Crippen LogP contribution in [0, 0.1) is 5.92 Å². The van der Waals surface area contributed by atoms with Gasteiger partial charge >= 0.3 is 0 Å². The second kappa shape index (κ2) is 4.94. The number of pyridine rings is 1. The normalized spacial score (nSPS) is 14.9. The molecule has 18 heavy (non-hydrogen) atoms. The first-order chi connectivity index (χ1) is 8.88. The van der Waals surface area contributed by atoms with Crippen molar-refractivity contribution in [1.82, 2.24) is 10.3 Å². The molecule has 1 aromatic heterocycles. The number of ether oxygens (including phenoxy) is 1. The maximum atomic E-state index is 5.84. The second-order valence-electron chi connectivity index (χ2n) is 4.92. The Morgan fingerprint density at radius 1 is 1.28 bits per heavy atom. The lowest BCUT2D eigenvalue weighted by molar-refractivity contribution is 0.292. The Morgan fingerprint density at radius 2 is 2.06 bits per heavy atom. The van der Waals surface area contributed by atoms with Crippen molar-refractivity contribution in [2.45, 2.75) is 19.4 Å². The topological polar surface area (TPSA) is 34.2 Å². The molecule has 1 heterocycles. The van der Waals surface area contributed by atoms with Gasteiger partial charge in [-0.05, 0) is 42.8 Å². The third-order valence-corrected chi connectivity index (χ3v) is 3.36. The Labute approximate surface area is 107 Å². The highest BCUT2D eigenvalue weighted by Crippen LogP contribution is 2.31. The van der Waals surface area contributed by atoms with E-state index in [1.165, 1.54) is 23.8 Å². The van der Waals surface area contributed by atoms with Crippen molar-refractivity contribution in [2.24, 2.45) is 5.92 Å². The van der Waals surface area contributed by atoms with E-state index in [0.717, 1.165) is 30.3 Å². The summed E-state index contributed by atoms with van der Waals surface area (Å²) in [6.45, 7) is 1.64. The fourth-order valence-corrected chi connectivity index (χ4v) is 2.15. The van der Waals surface area contributed by atoms with Crippen LogP contribution >= 0.6 is 0 Å². The van der Waals surface area contributed by atoms with Gasteiger partial charge in [0.1, 0.15) is 0 Å². The summed E-state index contributed by atoms with van der Waals surface area (Å²) in [5.41, 5.74) is 1.21. The quantitative estimate of drug-likeness (QED) is 0.875. The van der Waals surface area contributed by atoms with Crippen LogP contribution in [0.5, 0.6) is 5.88 Å². The lowest BCUT2D eigenvalue weighted by Gasteiger charge is -2.11. The van der Waals surface area contributed by atoms with E-state index in [1.807, 2.05) is 19.3 Å². The summed E-state index contributed by atoms with van der Waals surface area (Å²) in [7, 11) is 1.95. The zero-order valence-electron chi connectivity index (χ0n) is 10.6. The molecule has 0 amide bonds. The molecule has 1 aromatic carbocycles. The minimum atomic E-state index is 0.752. The molecule has 0 aliphatic heterocycles. The molecule has 3 rings (SSSR count). The lowest BCUT2D eigenvalue weighted by Crippen LogP contribution is -2.07. The summed E-state index contributed by atoms with van der Waals surface area (Å²) in [5, 5.41) is 5.52. The van der Waals surface area contributed by atoms with Gasteiger partial charge in [-0.15, -0.1) is 0 Å². The van der Waals surface area contributed by atoms with Crippen molar-refractivity contribution >= 4 is 10.8 Å². The Kier molecular flexibility index (Phi) is 3.15. The highest BCUT2D eigenvalue weighted by Gasteiger charge is 2.22. The standard InChI is InChI=1S/C15H18N2O/c1-16-8-12-9-17-15(18-10-11-6-7-11)14-5-3-2-4-13(12)14/h2-5,9,11,16H,6-8,10H2,1H3. The van der Waals surface area contributed by atoms with Crippen LogP contribution in [-0.4, -0.2) is 18.6 Å². The minimum Gasteiger partial charge on any atom is -0.477 e. The van der Waals surface area contributed by atoms with Gasteiger partial charge in [0, 0.05) is 18.1 Å². The van der Waals surface area contributed by atoms with Crippen LogP contribution in [0.2, 0.25) is 0 Å². The molecule has 1 fully saturated rings. The Balaban J connectivity index is 1.95. The Hall–Kier alpha value is -1.61. The van der Waals surface area contributed by atoms with Crippen LogP contribution in [0.4, 0.5) is 0 Å². The van der Waals surface area contributed by atoms with Crippen molar-refractivity contribution in [3.05, 3.63) is 36.0 Å². The average Bonchev–Trinajstić information content (AvgIpc) is 3.22. The van der Waals surface area contributed by atoms with E-state index >= 15 is 0 Å². The van der Waals surface area contributed by atoms with Gasteiger partial charge in [0.05, 0.1) is 6.61 Å². The largest absolute Gasteiger partial charge is 0.477 e. The van der Waals surface area contributed by atoms with E-state index in [-0.39, 0.29) is 0 Å². The molecule has 0 radical (unpaired) electrons. The predicted octanol–water partition coefficient (Wildman–Crippen LogP) is 2.74. The van der Waals surface area contributed by atoms with Crippen molar-refractivity contribution in [1.29, 1.82) is 0 Å². The van der Waals surface area contributed by atoms with Gasteiger partial charge in [-0.3, -0.25) is 0 Å². The summed E-state index contributed by atoms with van der Waals surface area (Å²) in [5.74, 6) is 1.53. The van der Waals surface area contributed by atoms with Crippen molar-refractivity contribution in [2.75, 3.05) is 13.7 Å². The fraction of sp³-hybridized carbons (Fsp3) is 0.400. The molecule has 1 aliphatic carbocycles. The van der Waals surface area contributed by atoms with Crippen molar-refractivity contribution in [3.8, 4) is 5.88 Å². The van der Waals surface area contributed by atoms with E-state index in [1.54, 1.807) is 0 Å². The number of aromatic nitrogens is 1. The zero-order valence-corrected chi connectivity index (χ0v) is 10.6. The molecule has 0 bridgehead atoms. The van der Waals surface area contributed by atoms with Crippen molar-refractivity contribution < 1.29 is 4.74 Å². The summed E-state index contributed by atoms with van der Waals surface area (Å²) in [4.78, 5) is 4.46. The molecule has 94 valence electrons. The maximum absolute atomic E-state index is 5.84. The second-order valence-corrected chi connectivity index (χ2v) is 4.92. The molecule has 1 aliphatic rings. The van der Waals surface area contributed by atoms with Crippen LogP contribution in [0.1, 0.15) is 18.4 Å². The van der Waals surface area contributed by atoms with E-state index in [2.05, 4.69) is 28.5 Å². The smallest absolute Gasteiger partial charge is 0.221 e. The van der Waals surface area contributed by atoms with Crippen LogP contribution in [0.25, 0.3) is 10.8 Å². The van der Waals surface area contributed by atoms with Gasteiger partial charge in [0.2, 0.25) is 5.88 Å². The highest BCUT2D eigenvalue weighted by molar-refractivity contribution is 5.89. The lowest BCUT2D eigenvalue weighted by atomic mass is 10.1. The minimum absolute atomic E-state index is 0.752. The van der Waals surface area contributed by atoms with Gasteiger partial charge in [-0.2, -0.15) is 0 Å². The molecule has 0 unspecified atom stereocenters. The van der Waals surface area contributed by atoms with Gasteiger partial charge in [-0.25, -0.2) is 4.98 Å². The third kappa shape index (κ3) is 2.31. The van der Waals surface area contributed by atoms with Crippen molar-refractivity contribution in [3.63, 3.8) is 0 Å². The molecule has 3 heteroatoms. The summed E-state index contributed by atoms with van der Waals surface area (Å²) < 4.78 is 5.84. The molecular weight excluding hydrogens is 224 g/mol. The average molecular weight is 242 g/mol. The maximum Gasteiger partial charge on any atom is 0.221 e. The first kappa shape index (κ1) is 11.5. The Morgan fingerprint density at radius 3 is 2.78 bits per heavy atom. The Bertz CT molecular complexity index is 549. The number of hydrogen-bond acceptors (Lipinski definition) is 3. The van der Waals surface area contributed by atoms with Crippen LogP contribution in [-0.2, 0) is 6.54 Å². The molecule has 0 atom stereocenters. The fourth-order valence-electron chi connectivity index (χ4n) is 2.15. The van der Waals surface area contributed by atoms with Crippen LogP contribution < -0.4 is 10.1 Å². The summed E-state index contributed by atoms with van der Waals surface area (Å²) >= 11 is 0. The molecule has 1 saturated carbocycles. The van der Waals surface area contributed by atoms with Gasteiger partial charge in [0.15, 0.2) is 0 Å². The van der Waals surface area contributed by atoms with Crippen LogP contribution in [0.3, 0.4) is 0 Å². The molecule has 3 nitrogen and oxygen atoms in total. The number of nitrogens with one attached hydrogen (secondary N) is 1. The molecule has 0 saturated heterocycles. The summed E-state index contributed by atoms with van der Waals surface area (Å²) in [6, 6.07) is 8.32. The molecule has 2 aromatic rings.